The zero-order chi connectivity index (χ0) is 15.5. The van der Waals surface area contributed by atoms with Gasteiger partial charge in [0.25, 0.3) is 0 Å². The van der Waals surface area contributed by atoms with Crippen LogP contribution in [0, 0.1) is 0 Å². The van der Waals surface area contributed by atoms with Gasteiger partial charge in [0.2, 0.25) is 5.75 Å². The first-order valence-corrected chi connectivity index (χ1v) is 7.77. The molecule has 0 bridgehead atoms. The number of hydrazine groups is 1. The van der Waals surface area contributed by atoms with Crippen LogP contribution in [0.5, 0.6) is 5.75 Å². The van der Waals surface area contributed by atoms with Gasteiger partial charge in [-0.2, -0.15) is 0 Å². The lowest BCUT2D eigenvalue weighted by Gasteiger charge is -2.12. The number of ether oxygens (including phenoxy) is 1. The van der Waals surface area contributed by atoms with Crippen LogP contribution in [0.2, 0.25) is 0 Å². The smallest absolute Gasteiger partial charge is 0.205 e. The molecule has 0 saturated carbocycles. The average Bonchev–Trinajstić information content (AvgIpc) is 2.46. The number of sulfone groups is 1. The standard InChI is InChI=1S/C12H15N5O3S/c1-20-10-11(14-7-15-12(10)17-13)16-8-3-5-9(6-4-8)21(2,18)19/h3-7H,13H2,1-2H3,(H2,14,15,16,17). The second kappa shape index (κ2) is 5.94. The largest absolute Gasteiger partial charge is 0.490 e. The minimum absolute atomic E-state index is 0.243. The molecule has 0 unspecified atom stereocenters. The predicted molar refractivity (Wildman–Crippen MR) is 79.2 cm³/mol. The summed E-state index contributed by atoms with van der Waals surface area (Å²) in [6.07, 6.45) is 2.48. The van der Waals surface area contributed by atoms with Gasteiger partial charge >= 0.3 is 0 Å². The molecule has 0 amide bonds. The third-order valence-electron chi connectivity index (χ3n) is 2.69. The van der Waals surface area contributed by atoms with Gasteiger partial charge in [0.05, 0.1) is 12.0 Å². The molecule has 0 atom stereocenters. The number of methoxy groups -OCH3 is 1. The molecule has 8 nitrogen and oxygen atoms in total. The van der Waals surface area contributed by atoms with E-state index in [4.69, 9.17) is 10.6 Å². The number of hydrogen-bond acceptors (Lipinski definition) is 8. The van der Waals surface area contributed by atoms with Crippen molar-refractivity contribution >= 4 is 27.2 Å². The molecule has 2 aromatic rings. The summed E-state index contributed by atoms with van der Waals surface area (Å²) >= 11 is 0. The van der Waals surface area contributed by atoms with Crippen LogP contribution in [0.1, 0.15) is 0 Å². The van der Waals surface area contributed by atoms with Crippen molar-refractivity contribution in [1.29, 1.82) is 0 Å². The van der Waals surface area contributed by atoms with Gasteiger partial charge < -0.3 is 15.5 Å². The predicted octanol–water partition coefficient (Wildman–Crippen LogP) is 0.918. The Labute approximate surface area is 122 Å². The number of benzene rings is 1. The van der Waals surface area contributed by atoms with E-state index in [0.29, 0.717) is 23.1 Å². The van der Waals surface area contributed by atoms with E-state index in [1.807, 2.05) is 0 Å². The summed E-state index contributed by atoms with van der Waals surface area (Å²) < 4.78 is 28.0. The molecule has 9 heteroatoms. The van der Waals surface area contributed by atoms with E-state index in [0.717, 1.165) is 6.26 Å². The van der Waals surface area contributed by atoms with Crippen LogP contribution in [0.25, 0.3) is 0 Å². The van der Waals surface area contributed by atoms with Gasteiger partial charge in [-0.05, 0) is 24.3 Å². The lowest BCUT2D eigenvalue weighted by molar-refractivity contribution is 0.415. The molecule has 112 valence electrons. The molecule has 4 N–H and O–H groups in total. The van der Waals surface area contributed by atoms with Gasteiger partial charge in [-0.3, -0.25) is 0 Å². The maximum atomic E-state index is 11.4. The van der Waals surface area contributed by atoms with E-state index < -0.39 is 9.84 Å². The molecule has 0 fully saturated rings. The van der Waals surface area contributed by atoms with Crippen molar-refractivity contribution in [2.75, 3.05) is 24.1 Å². The molecule has 0 aliphatic carbocycles. The van der Waals surface area contributed by atoms with Crippen LogP contribution in [-0.4, -0.2) is 31.8 Å². The highest BCUT2D eigenvalue weighted by atomic mass is 32.2. The van der Waals surface area contributed by atoms with Crippen molar-refractivity contribution in [3.05, 3.63) is 30.6 Å². The highest BCUT2D eigenvalue weighted by Gasteiger charge is 2.12. The fourth-order valence-electron chi connectivity index (χ4n) is 1.68. The molecule has 0 spiro atoms. The van der Waals surface area contributed by atoms with Gasteiger partial charge in [-0.1, -0.05) is 0 Å². The molecule has 2 rings (SSSR count). The zero-order valence-electron chi connectivity index (χ0n) is 11.5. The third-order valence-corrected chi connectivity index (χ3v) is 3.82. The van der Waals surface area contributed by atoms with Gasteiger partial charge in [0.1, 0.15) is 6.33 Å². The summed E-state index contributed by atoms with van der Waals surface area (Å²) in [4.78, 5) is 8.23. The van der Waals surface area contributed by atoms with Crippen molar-refractivity contribution in [3.8, 4) is 5.75 Å². The Bertz CT molecular complexity index is 731. The number of aromatic nitrogens is 2. The highest BCUT2D eigenvalue weighted by Crippen LogP contribution is 2.30. The van der Waals surface area contributed by atoms with Gasteiger partial charge in [0.15, 0.2) is 21.5 Å². The van der Waals surface area contributed by atoms with Crippen LogP contribution >= 0.6 is 0 Å². The van der Waals surface area contributed by atoms with Gasteiger partial charge in [-0.15, -0.1) is 0 Å². The van der Waals surface area contributed by atoms with Crippen LogP contribution in [0.4, 0.5) is 17.3 Å². The fourth-order valence-corrected chi connectivity index (χ4v) is 2.31. The third kappa shape index (κ3) is 3.38. The van der Waals surface area contributed by atoms with E-state index in [1.165, 1.54) is 25.6 Å². The SMILES string of the molecule is COc1c(NN)ncnc1Nc1ccc(S(C)(=O)=O)cc1. The second-order valence-electron chi connectivity index (χ2n) is 4.17. The van der Waals surface area contributed by atoms with Gasteiger partial charge in [-0.25, -0.2) is 24.2 Å². The Hall–Kier alpha value is -2.39. The minimum Gasteiger partial charge on any atom is -0.490 e. The van der Waals surface area contributed by atoms with Crippen molar-refractivity contribution in [1.82, 2.24) is 9.97 Å². The number of rotatable bonds is 5. The summed E-state index contributed by atoms with van der Waals surface area (Å²) in [6, 6.07) is 6.28. The number of nitrogens with one attached hydrogen (secondary N) is 2. The molecule has 1 aromatic heterocycles. The minimum atomic E-state index is -3.22. The number of nitrogens with two attached hydrogens (primary N) is 1. The highest BCUT2D eigenvalue weighted by molar-refractivity contribution is 7.90. The second-order valence-corrected chi connectivity index (χ2v) is 6.19. The van der Waals surface area contributed by atoms with E-state index >= 15 is 0 Å². The number of nitrogen functional groups attached to an aromatic ring is 1. The summed E-state index contributed by atoms with van der Waals surface area (Å²) in [5, 5.41) is 3.01. The Morgan fingerprint density at radius 1 is 1.14 bits per heavy atom. The summed E-state index contributed by atoms with van der Waals surface area (Å²) in [6.45, 7) is 0. The first-order chi connectivity index (χ1) is 9.95. The topological polar surface area (TPSA) is 119 Å². The molecule has 0 aliphatic heterocycles. The zero-order valence-corrected chi connectivity index (χ0v) is 12.3. The molecule has 0 radical (unpaired) electrons. The average molecular weight is 309 g/mol. The quantitative estimate of drug-likeness (QED) is 0.551. The molecule has 1 aromatic carbocycles. The van der Waals surface area contributed by atoms with Crippen LogP contribution in [0.3, 0.4) is 0 Å². The van der Waals surface area contributed by atoms with Crippen molar-refractivity contribution < 1.29 is 13.2 Å². The summed E-state index contributed by atoms with van der Waals surface area (Å²) in [5.74, 6) is 6.44. The monoisotopic (exact) mass is 309 g/mol. The Balaban J connectivity index is 2.30. The van der Waals surface area contributed by atoms with Crippen molar-refractivity contribution in [3.63, 3.8) is 0 Å². The maximum absolute atomic E-state index is 11.4. The molecule has 21 heavy (non-hydrogen) atoms. The molecular formula is C12H15N5O3S. The first kappa shape index (κ1) is 15.0. The number of nitrogens with zero attached hydrogens (tertiary/aromatic N) is 2. The normalized spacial score (nSPS) is 11.0. The Morgan fingerprint density at radius 2 is 1.76 bits per heavy atom. The lowest BCUT2D eigenvalue weighted by Crippen LogP contribution is -2.11. The summed E-state index contributed by atoms with van der Waals surface area (Å²) in [5.41, 5.74) is 3.06. The van der Waals surface area contributed by atoms with Crippen molar-refractivity contribution in [2.45, 2.75) is 4.90 Å². The first-order valence-electron chi connectivity index (χ1n) is 5.88. The maximum Gasteiger partial charge on any atom is 0.205 e. The van der Waals surface area contributed by atoms with E-state index in [2.05, 4.69) is 20.7 Å². The van der Waals surface area contributed by atoms with E-state index in [-0.39, 0.29) is 4.90 Å². The van der Waals surface area contributed by atoms with E-state index in [1.54, 1.807) is 12.1 Å². The van der Waals surface area contributed by atoms with Crippen LogP contribution in [-0.2, 0) is 9.84 Å². The summed E-state index contributed by atoms with van der Waals surface area (Å²) in [7, 11) is -1.75. The molecule has 0 saturated heterocycles. The fraction of sp³-hybridized carbons (Fsp3) is 0.167. The van der Waals surface area contributed by atoms with E-state index in [9.17, 15) is 8.42 Å². The van der Waals surface area contributed by atoms with Gasteiger partial charge in [0, 0.05) is 11.9 Å². The van der Waals surface area contributed by atoms with Crippen LogP contribution in [0.15, 0.2) is 35.5 Å². The van der Waals surface area contributed by atoms with Crippen molar-refractivity contribution in [2.24, 2.45) is 5.84 Å². The Morgan fingerprint density at radius 3 is 2.29 bits per heavy atom. The number of anilines is 3. The lowest BCUT2D eigenvalue weighted by atomic mass is 10.3. The molecular weight excluding hydrogens is 294 g/mol. The number of hydrogen-bond donors (Lipinski definition) is 3. The van der Waals surface area contributed by atoms with Crippen LogP contribution < -0.4 is 21.3 Å². The molecule has 0 aliphatic rings. The Kier molecular flexibility index (Phi) is 4.24. The molecule has 1 heterocycles.